The van der Waals surface area contributed by atoms with E-state index in [1.54, 1.807) is 12.3 Å². The minimum absolute atomic E-state index is 0.00393. The van der Waals surface area contributed by atoms with Gasteiger partial charge < -0.3 is 15.4 Å². The van der Waals surface area contributed by atoms with Crippen molar-refractivity contribution in [3.8, 4) is 22.2 Å². The summed E-state index contributed by atoms with van der Waals surface area (Å²) in [6.07, 6.45) is 5.78. The first-order valence-corrected chi connectivity index (χ1v) is 14.1. The van der Waals surface area contributed by atoms with Gasteiger partial charge in [-0.3, -0.25) is 4.72 Å². The molecule has 192 valence electrons. The predicted molar refractivity (Wildman–Crippen MR) is 138 cm³/mol. The van der Waals surface area contributed by atoms with E-state index in [9.17, 15) is 8.60 Å². The number of nitrogens with zero attached hydrogens (tertiary/aromatic N) is 3. The highest BCUT2D eigenvalue weighted by Crippen LogP contribution is 2.40. The Morgan fingerprint density at radius 1 is 1.25 bits per heavy atom. The molecule has 0 spiro atoms. The number of hydrogen-bond acceptors (Lipinski definition) is 8. The fourth-order valence-corrected chi connectivity index (χ4v) is 6.08. The van der Waals surface area contributed by atoms with Gasteiger partial charge in [0.1, 0.15) is 27.3 Å². The molecule has 12 heteroatoms. The SMILES string of the molecule is Cc1nc(Oc2cc(F)c(NS(=O)CC3CC3)c(F)c2C)c(-c2ccnc(NC3CCCNC3)n2)s1. The number of aromatic nitrogens is 3. The Kier molecular flexibility index (Phi) is 7.44. The maximum absolute atomic E-state index is 15.1. The molecular formula is C24H28F2N6O2S2. The van der Waals surface area contributed by atoms with Crippen molar-refractivity contribution in [3.63, 3.8) is 0 Å². The van der Waals surface area contributed by atoms with Crippen LogP contribution in [0.15, 0.2) is 18.3 Å². The molecule has 1 saturated heterocycles. The molecule has 5 rings (SSSR count). The van der Waals surface area contributed by atoms with E-state index in [1.807, 2.05) is 6.92 Å². The summed E-state index contributed by atoms with van der Waals surface area (Å²) in [4.78, 5) is 14.0. The van der Waals surface area contributed by atoms with Gasteiger partial charge in [-0.15, -0.1) is 11.3 Å². The Balaban J connectivity index is 1.38. The molecule has 0 bridgehead atoms. The first-order chi connectivity index (χ1) is 17.4. The minimum atomic E-state index is -1.55. The van der Waals surface area contributed by atoms with Crippen LogP contribution in [0.3, 0.4) is 0 Å². The van der Waals surface area contributed by atoms with Crippen molar-refractivity contribution in [3.05, 3.63) is 40.5 Å². The monoisotopic (exact) mass is 534 g/mol. The van der Waals surface area contributed by atoms with Crippen LogP contribution < -0.4 is 20.1 Å². The van der Waals surface area contributed by atoms with E-state index in [1.165, 1.54) is 18.3 Å². The number of rotatable bonds is 9. The number of anilines is 2. The van der Waals surface area contributed by atoms with Crippen molar-refractivity contribution in [1.29, 1.82) is 0 Å². The maximum atomic E-state index is 15.1. The van der Waals surface area contributed by atoms with Crippen molar-refractivity contribution in [2.45, 2.75) is 45.6 Å². The van der Waals surface area contributed by atoms with Crippen molar-refractivity contribution >= 4 is 34.0 Å². The smallest absolute Gasteiger partial charge is 0.240 e. The zero-order valence-corrected chi connectivity index (χ0v) is 21.7. The average Bonchev–Trinajstić information content (AvgIpc) is 3.60. The highest BCUT2D eigenvalue weighted by atomic mass is 32.2. The Labute approximate surface area is 214 Å². The molecule has 3 heterocycles. The summed E-state index contributed by atoms with van der Waals surface area (Å²) in [6, 6.07) is 3.09. The lowest BCUT2D eigenvalue weighted by Crippen LogP contribution is -2.38. The van der Waals surface area contributed by atoms with E-state index in [0.717, 1.165) is 49.8 Å². The Bertz CT molecular complexity index is 1280. The van der Waals surface area contributed by atoms with E-state index in [-0.39, 0.29) is 23.2 Å². The zero-order valence-electron chi connectivity index (χ0n) is 20.1. The van der Waals surface area contributed by atoms with Gasteiger partial charge >= 0.3 is 0 Å². The van der Waals surface area contributed by atoms with Crippen LogP contribution in [-0.4, -0.2) is 44.0 Å². The second kappa shape index (κ2) is 10.7. The molecule has 2 unspecified atom stereocenters. The summed E-state index contributed by atoms with van der Waals surface area (Å²) in [5.41, 5.74) is 0.287. The third-order valence-electron chi connectivity index (χ3n) is 6.14. The molecule has 1 aliphatic carbocycles. The zero-order chi connectivity index (χ0) is 25.2. The largest absolute Gasteiger partial charge is 0.437 e. The molecule has 1 saturated carbocycles. The summed E-state index contributed by atoms with van der Waals surface area (Å²) in [5.74, 6) is -0.266. The van der Waals surface area contributed by atoms with Crippen LogP contribution in [0.2, 0.25) is 0 Å². The normalized spacial score (nSPS) is 18.6. The molecule has 1 aliphatic heterocycles. The van der Waals surface area contributed by atoms with Gasteiger partial charge in [0.05, 0.1) is 10.7 Å². The molecule has 8 nitrogen and oxygen atoms in total. The minimum Gasteiger partial charge on any atom is -0.437 e. The van der Waals surface area contributed by atoms with Gasteiger partial charge in [0, 0.05) is 36.2 Å². The standard InChI is InChI=1S/C24H28F2N6O2S2/c1-13-19(10-17(25)21(20(13)26)32-36(33)12-15-5-6-15)34-23-22(35-14(2)29-23)18-7-9-28-24(31-18)30-16-4-3-8-27-11-16/h7,9-10,15-16,27,32H,3-6,8,11-12H2,1-2H3,(H,28,30,31). The lowest BCUT2D eigenvalue weighted by Gasteiger charge is -2.23. The van der Waals surface area contributed by atoms with Crippen molar-refractivity contribution in [1.82, 2.24) is 20.3 Å². The van der Waals surface area contributed by atoms with Crippen LogP contribution in [-0.2, 0) is 11.0 Å². The lowest BCUT2D eigenvalue weighted by atomic mass is 10.1. The molecule has 36 heavy (non-hydrogen) atoms. The maximum Gasteiger partial charge on any atom is 0.240 e. The Hall–Kier alpha value is -2.70. The number of benzene rings is 1. The summed E-state index contributed by atoms with van der Waals surface area (Å²) in [5, 5.41) is 7.43. The molecule has 2 fully saturated rings. The number of ether oxygens (including phenoxy) is 1. The van der Waals surface area contributed by atoms with Gasteiger partial charge in [-0.2, -0.15) is 0 Å². The van der Waals surface area contributed by atoms with Crippen LogP contribution in [0, 0.1) is 31.4 Å². The van der Waals surface area contributed by atoms with E-state index in [0.29, 0.717) is 28.2 Å². The van der Waals surface area contributed by atoms with Crippen molar-refractivity contribution in [2.75, 3.05) is 28.9 Å². The number of halogens is 2. The second-order valence-electron chi connectivity index (χ2n) is 9.15. The number of nitrogens with one attached hydrogen (secondary N) is 3. The molecule has 3 aromatic rings. The summed E-state index contributed by atoms with van der Waals surface area (Å²) in [6.45, 7) is 5.17. The molecule has 0 radical (unpaired) electrons. The second-order valence-corrected chi connectivity index (χ2v) is 11.6. The quantitative estimate of drug-likeness (QED) is 0.358. The van der Waals surface area contributed by atoms with Crippen LogP contribution in [0.5, 0.6) is 11.6 Å². The fraction of sp³-hybridized carbons (Fsp3) is 0.458. The van der Waals surface area contributed by atoms with Gasteiger partial charge in [-0.25, -0.2) is 27.9 Å². The van der Waals surface area contributed by atoms with Crippen LogP contribution in [0.1, 0.15) is 36.3 Å². The van der Waals surface area contributed by atoms with Gasteiger partial charge in [-0.05, 0) is 58.1 Å². The van der Waals surface area contributed by atoms with Gasteiger partial charge in [0.25, 0.3) is 0 Å². The van der Waals surface area contributed by atoms with E-state index >= 15 is 4.39 Å². The molecule has 2 aliphatic rings. The van der Waals surface area contributed by atoms with Crippen molar-refractivity contribution in [2.24, 2.45) is 5.92 Å². The highest BCUT2D eigenvalue weighted by molar-refractivity contribution is 7.86. The number of hydrogen-bond donors (Lipinski definition) is 3. The van der Waals surface area contributed by atoms with E-state index in [4.69, 9.17) is 4.74 Å². The summed E-state index contributed by atoms with van der Waals surface area (Å²) < 4.78 is 50.5. The molecule has 1 aromatic carbocycles. The summed E-state index contributed by atoms with van der Waals surface area (Å²) >= 11 is 1.37. The summed E-state index contributed by atoms with van der Waals surface area (Å²) in [7, 11) is -1.55. The van der Waals surface area contributed by atoms with Crippen LogP contribution in [0.25, 0.3) is 10.6 Å². The predicted octanol–water partition coefficient (Wildman–Crippen LogP) is 4.94. The molecule has 2 atom stereocenters. The number of thiazole rings is 1. The molecule has 0 amide bonds. The number of aryl methyl sites for hydroxylation is 1. The molecule has 3 N–H and O–H groups in total. The van der Waals surface area contributed by atoms with E-state index < -0.39 is 28.3 Å². The molecule has 2 aromatic heterocycles. The van der Waals surface area contributed by atoms with Gasteiger partial charge in [-0.1, -0.05) is 0 Å². The molecular weight excluding hydrogens is 506 g/mol. The third kappa shape index (κ3) is 5.81. The Morgan fingerprint density at radius 3 is 2.83 bits per heavy atom. The van der Waals surface area contributed by atoms with Crippen molar-refractivity contribution < 1.29 is 17.7 Å². The van der Waals surface area contributed by atoms with E-state index in [2.05, 4.69) is 30.3 Å². The third-order valence-corrected chi connectivity index (χ3v) is 8.32. The lowest BCUT2D eigenvalue weighted by molar-refractivity contribution is 0.451. The van der Waals surface area contributed by atoms with Gasteiger partial charge in [0.15, 0.2) is 11.6 Å². The topological polar surface area (TPSA) is 101 Å². The fourth-order valence-electron chi connectivity index (χ4n) is 4.01. The highest BCUT2D eigenvalue weighted by Gasteiger charge is 2.26. The number of piperidine rings is 1. The first kappa shape index (κ1) is 25.0. The Morgan fingerprint density at radius 2 is 2.08 bits per heavy atom. The van der Waals surface area contributed by atoms with Crippen LogP contribution >= 0.6 is 11.3 Å². The van der Waals surface area contributed by atoms with Crippen LogP contribution in [0.4, 0.5) is 20.4 Å². The average molecular weight is 535 g/mol. The first-order valence-electron chi connectivity index (χ1n) is 12.0. The van der Waals surface area contributed by atoms with Gasteiger partial charge in [0.2, 0.25) is 11.8 Å².